The molecule has 0 bridgehead atoms. The molecule has 0 aliphatic heterocycles. The van der Waals surface area contributed by atoms with Crippen LogP contribution in [-0.2, 0) is 13.2 Å². The number of nitrogens with zero attached hydrogens (tertiary/aromatic N) is 1. The van der Waals surface area contributed by atoms with Gasteiger partial charge in [0.05, 0.1) is 7.11 Å². The van der Waals surface area contributed by atoms with Gasteiger partial charge in [-0.1, -0.05) is 17.3 Å². The number of aryl methyl sites for hydroxylation is 1. The Balaban J connectivity index is 2.17. The molecule has 1 aromatic heterocycles. The molecule has 0 aliphatic carbocycles. The first-order valence-electron chi connectivity index (χ1n) is 6.10. The average Bonchev–Trinajstić information content (AvgIpc) is 2.83. The summed E-state index contributed by atoms with van der Waals surface area (Å²) in [6, 6.07) is 7.68. The quantitative estimate of drug-likeness (QED) is 0.865. The van der Waals surface area contributed by atoms with E-state index in [9.17, 15) is 0 Å². The second kappa shape index (κ2) is 6.24. The predicted octanol–water partition coefficient (Wildman–Crippen LogP) is 2.29. The Morgan fingerprint density at radius 3 is 2.84 bits per heavy atom. The van der Waals surface area contributed by atoms with Crippen LogP contribution in [0.15, 0.2) is 28.8 Å². The monoisotopic (exact) mass is 262 g/mol. The molecule has 2 rings (SSSR count). The number of hydrogen-bond donors (Lipinski definition) is 1. The van der Waals surface area contributed by atoms with E-state index >= 15 is 0 Å². The molecule has 2 aromatic rings. The van der Waals surface area contributed by atoms with Crippen LogP contribution in [0.3, 0.4) is 0 Å². The van der Waals surface area contributed by atoms with Crippen LogP contribution in [0, 0.1) is 6.92 Å². The summed E-state index contributed by atoms with van der Waals surface area (Å²) in [6.45, 7) is 2.92. The fourth-order valence-corrected chi connectivity index (χ4v) is 1.85. The number of aromatic nitrogens is 1. The number of benzene rings is 1. The van der Waals surface area contributed by atoms with Crippen molar-refractivity contribution in [1.82, 2.24) is 10.5 Å². The maximum Gasteiger partial charge on any atom is 0.166 e. The molecule has 102 valence electrons. The van der Waals surface area contributed by atoms with Gasteiger partial charge < -0.3 is 19.3 Å². The highest BCUT2D eigenvalue weighted by molar-refractivity contribution is 5.46. The zero-order valence-corrected chi connectivity index (χ0v) is 11.4. The zero-order chi connectivity index (χ0) is 13.7. The van der Waals surface area contributed by atoms with Crippen LogP contribution in [0.25, 0.3) is 0 Å². The second-order valence-electron chi connectivity index (χ2n) is 4.20. The van der Waals surface area contributed by atoms with Crippen molar-refractivity contribution in [3.63, 3.8) is 0 Å². The van der Waals surface area contributed by atoms with Crippen LogP contribution >= 0.6 is 0 Å². The standard InChI is InChI=1S/C14H18N2O3/c1-10-7-12(16-19-10)9-18-14-11(8-15-2)5-4-6-13(14)17-3/h4-7,15H,8-9H2,1-3H3. The Morgan fingerprint density at radius 2 is 2.21 bits per heavy atom. The average molecular weight is 262 g/mol. The third-order valence-electron chi connectivity index (χ3n) is 2.69. The van der Waals surface area contributed by atoms with Crippen molar-refractivity contribution in [1.29, 1.82) is 0 Å². The van der Waals surface area contributed by atoms with E-state index in [0.717, 1.165) is 22.8 Å². The number of rotatable bonds is 6. The number of para-hydroxylation sites is 1. The van der Waals surface area contributed by atoms with Gasteiger partial charge in [0, 0.05) is 18.2 Å². The molecular formula is C14H18N2O3. The number of nitrogens with one attached hydrogen (secondary N) is 1. The minimum Gasteiger partial charge on any atom is -0.493 e. The Morgan fingerprint density at radius 1 is 1.37 bits per heavy atom. The van der Waals surface area contributed by atoms with Gasteiger partial charge in [0.1, 0.15) is 18.1 Å². The van der Waals surface area contributed by atoms with E-state index in [1.165, 1.54) is 0 Å². The predicted molar refractivity (Wildman–Crippen MR) is 71.3 cm³/mol. The lowest BCUT2D eigenvalue weighted by atomic mass is 10.2. The Kier molecular flexibility index (Phi) is 4.41. The third-order valence-corrected chi connectivity index (χ3v) is 2.69. The van der Waals surface area contributed by atoms with Crippen LogP contribution in [-0.4, -0.2) is 19.3 Å². The summed E-state index contributed by atoms with van der Waals surface area (Å²) in [5.74, 6) is 2.22. The van der Waals surface area contributed by atoms with Crippen molar-refractivity contribution in [3.8, 4) is 11.5 Å². The topological polar surface area (TPSA) is 56.5 Å². The van der Waals surface area contributed by atoms with Gasteiger partial charge in [-0.3, -0.25) is 0 Å². The van der Waals surface area contributed by atoms with E-state index in [4.69, 9.17) is 14.0 Å². The van der Waals surface area contributed by atoms with E-state index < -0.39 is 0 Å². The lowest BCUT2D eigenvalue weighted by molar-refractivity contribution is 0.268. The van der Waals surface area contributed by atoms with Gasteiger partial charge in [-0.2, -0.15) is 0 Å². The molecule has 0 saturated heterocycles. The summed E-state index contributed by atoms with van der Waals surface area (Å²) in [7, 11) is 3.52. The van der Waals surface area contributed by atoms with E-state index in [1.807, 2.05) is 38.2 Å². The smallest absolute Gasteiger partial charge is 0.166 e. The molecule has 0 fully saturated rings. The van der Waals surface area contributed by atoms with Crippen molar-refractivity contribution in [2.75, 3.05) is 14.2 Å². The first-order valence-corrected chi connectivity index (χ1v) is 6.10. The lowest BCUT2D eigenvalue weighted by Gasteiger charge is -2.14. The highest BCUT2D eigenvalue weighted by Gasteiger charge is 2.11. The van der Waals surface area contributed by atoms with E-state index in [0.29, 0.717) is 18.9 Å². The highest BCUT2D eigenvalue weighted by Crippen LogP contribution is 2.31. The fraction of sp³-hybridized carbons (Fsp3) is 0.357. The van der Waals surface area contributed by atoms with Gasteiger partial charge in [0.2, 0.25) is 0 Å². The largest absolute Gasteiger partial charge is 0.493 e. The minimum absolute atomic E-state index is 0.356. The SMILES string of the molecule is CNCc1cccc(OC)c1OCc1cc(C)on1. The third kappa shape index (κ3) is 3.26. The summed E-state index contributed by atoms with van der Waals surface area (Å²) in [5, 5.41) is 7.01. The molecule has 1 N–H and O–H groups in total. The molecule has 0 atom stereocenters. The van der Waals surface area contributed by atoms with Gasteiger partial charge in [0.25, 0.3) is 0 Å². The number of hydrogen-bond acceptors (Lipinski definition) is 5. The molecule has 0 amide bonds. The number of methoxy groups -OCH3 is 1. The molecule has 0 radical (unpaired) electrons. The van der Waals surface area contributed by atoms with E-state index in [2.05, 4.69) is 10.5 Å². The molecular weight excluding hydrogens is 244 g/mol. The van der Waals surface area contributed by atoms with Gasteiger partial charge >= 0.3 is 0 Å². The zero-order valence-electron chi connectivity index (χ0n) is 11.4. The van der Waals surface area contributed by atoms with Gasteiger partial charge in [0.15, 0.2) is 11.5 Å². The Bertz CT molecular complexity index is 537. The summed E-state index contributed by atoms with van der Waals surface area (Å²) >= 11 is 0. The first-order chi connectivity index (χ1) is 9.24. The minimum atomic E-state index is 0.356. The summed E-state index contributed by atoms with van der Waals surface area (Å²) in [6.07, 6.45) is 0. The van der Waals surface area contributed by atoms with Crippen LogP contribution in [0.2, 0.25) is 0 Å². The van der Waals surface area contributed by atoms with Crippen LogP contribution in [0.4, 0.5) is 0 Å². The summed E-state index contributed by atoms with van der Waals surface area (Å²) in [4.78, 5) is 0. The van der Waals surface area contributed by atoms with Gasteiger partial charge in [-0.25, -0.2) is 0 Å². The lowest BCUT2D eigenvalue weighted by Crippen LogP contribution is -2.08. The van der Waals surface area contributed by atoms with E-state index in [1.54, 1.807) is 7.11 Å². The maximum absolute atomic E-state index is 5.82. The van der Waals surface area contributed by atoms with Crippen molar-refractivity contribution in [3.05, 3.63) is 41.3 Å². The normalized spacial score (nSPS) is 10.5. The molecule has 0 spiro atoms. The number of ether oxygens (including phenoxy) is 2. The molecule has 19 heavy (non-hydrogen) atoms. The van der Waals surface area contributed by atoms with Crippen molar-refractivity contribution < 1.29 is 14.0 Å². The van der Waals surface area contributed by atoms with Crippen molar-refractivity contribution in [2.45, 2.75) is 20.1 Å². The summed E-state index contributed by atoms with van der Waals surface area (Å²) < 4.78 is 16.2. The van der Waals surface area contributed by atoms with Crippen LogP contribution in [0.5, 0.6) is 11.5 Å². The molecule has 0 saturated carbocycles. The molecule has 0 aliphatic rings. The molecule has 5 heteroatoms. The highest BCUT2D eigenvalue weighted by atomic mass is 16.5. The van der Waals surface area contributed by atoms with E-state index in [-0.39, 0.29) is 0 Å². The molecule has 1 heterocycles. The van der Waals surface area contributed by atoms with Crippen LogP contribution < -0.4 is 14.8 Å². The van der Waals surface area contributed by atoms with Gasteiger partial charge in [-0.15, -0.1) is 0 Å². The molecule has 1 aromatic carbocycles. The van der Waals surface area contributed by atoms with Gasteiger partial charge in [-0.05, 0) is 20.0 Å². The fourth-order valence-electron chi connectivity index (χ4n) is 1.85. The van der Waals surface area contributed by atoms with Crippen LogP contribution in [0.1, 0.15) is 17.0 Å². The van der Waals surface area contributed by atoms with Crippen molar-refractivity contribution in [2.24, 2.45) is 0 Å². The first kappa shape index (κ1) is 13.4. The summed E-state index contributed by atoms with van der Waals surface area (Å²) in [5.41, 5.74) is 1.81. The second-order valence-corrected chi connectivity index (χ2v) is 4.20. The Hall–Kier alpha value is -2.01. The maximum atomic E-state index is 5.82. The molecule has 0 unspecified atom stereocenters. The molecule has 5 nitrogen and oxygen atoms in total. The Labute approximate surface area is 112 Å². The van der Waals surface area contributed by atoms with Crippen molar-refractivity contribution >= 4 is 0 Å².